The van der Waals surface area contributed by atoms with E-state index in [1.165, 1.54) is 22.3 Å². The van der Waals surface area contributed by atoms with E-state index >= 15 is 0 Å². The normalized spacial score (nSPS) is 10.3. The third kappa shape index (κ3) is 2.94. The second-order valence-electron chi connectivity index (χ2n) is 5.32. The molecule has 2 aromatic carbocycles. The van der Waals surface area contributed by atoms with Crippen LogP contribution in [0, 0.1) is 20.8 Å². The van der Waals surface area contributed by atoms with Gasteiger partial charge in [-0.3, -0.25) is 0 Å². The summed E-state index contributed by atoms with van der Waals surface area (Å²) < 4.78 is 10.7. The van der Waals surface area contributed by atoms with Gasteiger partial charge in [0.2, 0.25) is 0 Å². The molecule has 0 aliphatic heterocycles. The minimum absolute atomic E-state index is 0.777. The lowest BCUT2D eigenvalue weighted by Gasteiger charge is -2.17. The average molecular weight is 282 g/mol. The number of ether oxygens (including phenoxy) is 2. The van der Waals surface area contributed by atoms with E-state index in [0.29, 0.717) is 0 Å². The molecule has 110 valence electrons. The molecule has 0 unspecified atom stereocenters. The van der Waals surface area contributed by atoms with Crippen LogP contribution in [0.5, 0.6) is 11.5 Å². The molecule has 0 fully saturated rings. The van der Waals surface area contributed by atoms with E-state index in [-0.39, 0.29) is 0 Å². The minimum atomic E-state index is 0.777. The molecule has 0 amide bonds. The van der Waals surface area contributed by atoms with Crippen LogP contribution in [-0.2, 0) is 0 Å². The van der Waals surface area contributed by atoms with Gasteiger partial charge in [-0.05, 0) is 55.2 Å². The van der Waals surface area contributed by atoms with Crippen molar-refractivity contribution in [1.82, 2.24) is 0 Å². The van der Waals surface area contributed by atoms with Gasteiger partial charge in [-0.25, -0.2) is 0 Å². The molecule has 2 nitrogen and oxygen atoms in total. The second-order valence-corrected chi connectivity index (χ2v) is 5.32. The SMILES string of the molecule is C=C(c1ccc(OC)cc1OC)c1c(C)cc(C)cc1C. The fourth-order valence-electron chi connectivity index (χ4n) is 2.84. The van der Waals surface area contributed by atoms with Crippen LogP contribution in [0.3, 0.4) is 0 Å². The Bertz CT molecular complexity index is 661. The first-order valence-electron chi connectivity index (χ1n) is 6.97. The average Bonchev–Trinajstić information content (AvgIpc) is 2.45. The molecule has 0 aliphatic carbocycles. The highest BCUT2D eigenvalue weighted by atomic mass is 16.5. The summed E-state index contributed by atoms with van der Waals surface area (Å²) in [7, 11) is 3.32. The van der Waals surface area contributed by atoms with Crippen molar-refractivity contribution >= 4 is 5.57 Å². The van der Waals surface area contributed by atoms with Gasteiger partial charge in [-0.1, -0.05) is 24.3 Å². The quantitative estimate of drug-likeness (QED) is 0.810. The van der Waals surface area contributed by atoms with Crippen LogP contribution in [-0.4, -0.2) is 14.2 Å². The Morgan fingerprint density at radius 3 is 2.05 bits per heavy atom. The van der Waals surface area contributed by atoms with E-state index in [1.807, 2.05) is 18.2 Å². The van der Waals surface area contributed by atoms with Crippen molar-refractivity contribution < 1.29 is 9.47 Å². The van der Waals surface area contributed by atoms with Gasteiger partial charge in [0.15, 0.2) is 0 Å². The van der Waals surface area contributed by atoms with Gasteiger partial charge in [0.1, 0.15) is 11.5 Å². The molecular formula is C19H22O2. The molecule has 0 aliphatic rings. The fraction of sp³-hybridized carbons (Fsp3) is 0.263. The standard InChI is InChI=1S/C19H22O2/c1-12-9-13(2)19(14(3)10-12)15(4)17-8-7-16(20-5)11-18(17)21-6/h7-11H,4H2,1-3,5-6H3. The minimum Gasteiger partial charge on any atom is -0.497 e. The molecule has 21 heavy (non-hydrogen) atoms. The lowest BCUT2D eigenvalue weighted by molar-refractivity contribution is 0.393. The monoisotopic (exact) mass is 282 g/mol. The number of rotatable bonds is 4. The van der Waals surface area contributed by atoms with Gasteiger partial charge < -0.3 is 9.47 Å². The van der Waals surface area contributed by atoms with E-state index in [2.05, 4.69) is 39.5 Å². The lowest BCUT2D eigenvalue weighted by atomic mass is 9.90. The van der Waals surface area contributed by atoms with Gasteiger partial charge in [0.05, 0.1) is 14.2 Å². The summed E-state index contributed by atoms with van der Waals surface area (Å²) >= 11 is 0. The first-order valence-corrected chi connectivity index (χ1v) is 6.97. The summed E-state index contributed by atoms with van der Waals surface area (Å²) in [6.45, 7) is 10.6. The number of hydrogen-bond acceptors (Lipinski definition) is 2. The molecule has 0 saturated carbocycles. The van der Waals surface area contributed by atoms with Crippen molar-refractivity contribution in [3.63, 3.8) is 0 Å². The van der Waals surface area contributed by atoms with Gasteiger partial charge >= 0.3 is 0 Å². The molecule has 0 aromatic heterocycles. The highest BCUT2D eigenvalue weighted by molar-refractivity contribution is 5.84. The van der Waals surface area contributed by atoms with Crippen LogP contribution >= 0.6 is 0 Å². The lowest BCUT2D eigenvalue weighted by Crippen LogP contribution is -1.98. The number of aryl methyl sites for hydroxylation is 3. The smallest absolute Gasteiger partial charge is 0.130 e. The van der Waals surface area contributed by atoms with Crippen LogP contribution in [0.1, 0.15) is 27.8 Å². The maximum Gasteiger partial charge on any atom is 0.130 e. The van der Waals surface area contributed by atoms with Crippen LogP contribution in [0.4, 0.5) is 0 Å². The molecule has 0 atom stereocenters. The van der Waals surface area contributed by atoms with E-state index in [1.54, 1.807) is 14.2 Å². The molecular weight excluding hydrogens is 260 g/mol. The largest absolute Gasteiger partial charge is 0.497 e. The molecule has 0 bridgehead atoms. The molecule has 0 spiro atoms. The van der Waals surface area contributed by atoms with Crippen LogP contribution in [0.2, 0.25) is 0 Å². The van der Waals surface area contributed by atoms with Gasteiger partial charge in [-0.2, -0.15) is 0 Å². The summed E-state index contributed by atoms with van der Waals surface area (Å²) in [6, 6.07) is 10.2. The van der Waals surface area contributed by atoms with Crippen LogP contribution < -0.4 is 9.47 Å². The molecule has 0 radical (unpaired) electrons. The third-order valence-corrected chi connectivity index (χ3v) is 3.71. The molecule has 0 N–H and O–H groups in total. The van der Waals surface area contributed by atoms with E-state index in [9.17, 15) is 0 Å². The summed E-state index contributed by atoms with van der Waals surface area (Å²) in [5.41, 5.74) is 6.89. The van der Waals surface area contributed by atoms with Crippen molar-refractivity contribution in [3.8, 4) is 11.5 Å². The summed E-state index contributed by atoms with van der Waals surface area (Å²) in [6.07, 6.45) is 0. The summed E-state index contributed by atoms with van der Waals surface area (Å²) in [5.74, 6) is 1.56. The zero-order chi connectivity index (χ0) is 15.6. The Labute approximate surface area is 127 Å². The van der Waals surface area contributed by atoms with Crippen molar-refractivity contribution in [3.05, 3.63) is 64.7 Å². The molecule has 0 heterocycles. The van der Waals surface area contributed by atoms with E-state index in [4.69, 9.17) is 9.47 Å². The Hall–Kier alpha value is -2.22. The fourth-order valence-corrected chi connectivity index (χ4v) is 2.84. The Morgan fingerprint density at radius 1 is 0.905 bits per heavy atom. The summed E-state index contributed by atoms with van der Waals surface area (Å²) in [4.78, 5) is 0. The molecule has 2 heteroatoms. The van der Waals surface area contributed by atoms with Gasteiger partial charge in [0, 0.05) is 11.6 Å². The van der Waals surface area contributed by atoms with Gasteiger partial charge in [-0.15, -0.1) is 0 Å². The first-order chi connectivity index (χ1) is 9.97. The predicted octanol–water partition coefficient (Wildman–Crippen LogP) is 4.69. The number of benzene rings is 2. The van der Waals surface area contributed by atoms with Crippen molar-refractivity contribution in [1.29, 1.82) is 0 Å². The van der Waals surface area contributed by atoms with Crippen molar-refractivity contribution in [2.75, 3.05) is 14.2 Å². The Kier molecular flexibility index (Phi) is 4.37. The molecule has 2 aromatic rings. The topological polar surface area (TPSA) is 18.5 Å². The van der Waals surface area contributed by atoms with E-state index in [0.717, 1.165) is 22.6 Å². The van der Waals surface area contributed by atoms with Crippen molar-refractivity contribution in [2.24, 2.45) is 0 Å². The predicted molar refractivity (Wildman–Crippen MR) is 88.3 cm³/mol. The van der Waals surface area contributed by atoms with E-state index < -0.39 is 0 Å². The maximum atomic E-state index is 5.49. The Balaban J connectivity index is 2.55. The number of methoxy groups -OCH3 is 2. The van der Waals surface area contributed by atoms with Crippen LogP contribution in [0.25, 0.3) is 5.57 Å². The van der Waals surface area contributed by atoms with Gasteiger partial charge in [0.25, 0.3) is 0 Å². The van der Waals surface area contributed by atoms with Crippen molar-refractivity contribution in [2.45, 2.75) is 20.8 Å². The zero-order valence-corrected chi connectivity index (χ0v) is 13.4. The molecule has 2 rings (SSSR count). The summed E-state index contributed by atoms with van der Waals surface area (Å²) in [5, 5.41) is 0. The Morgan fingerprint density at radius 2 is 1.52 bits per heavy atom. The van der Waals surface area contributed by atoms with Crippen LogP contribution in [0.15, 0.2) is 36.9 Å². The number of hydrogen-bond donors (Lipinski definition) is 0. The first kappa shape index (κ1) is 15.2. The zero-order valence-electron chi connectivity index (χ0n) is 13.4. The second kappa shape index (κ2) is 6.04. The third-order valence-electron chi connectivity index (χ3n) is 3.71. The highest BCUT2D eigenvalue weighted by Gasteiger charge is 2.14. The molecule has 0 saturated heterocycles. The maximum absolute atomic E-state index is 5.49. The highest BCUT2D eigenvalue weighted by Crippen LogP contribution is 2.35.